The van der Waals surface area contributed by atoms with Gasteiger partial charge in [0.25, 0.3) is 0 Å². The molecule has 2 rings (SSSR count). The van der Waals surface area contributed by atoms with Crippen LogP contribution in [-0.2, 0) is 4.79 Å². The van der Waals surface area contributed by atoms with Crippen molar-refractivity contribution < 1.29 is 4.79 Å². The molecule has 106 valence electrons. The van der Waals surface area contributed by atoms with Crippen molar-refractivity contribution in [2.24, 2.45) is 0 Å². The van der Waals surface area contributed by atoms with Crippen molar-refractivity contribution in [3.8, 4) is 0 Å². The lowest BCUT2D eigenvalue weighted by Crippen LogP contribution is -2.32. The average molecular weight is 292 g/mol. The predicted molar refractivity (Wildman–Crippen MR) is 81.7 cm³/mol. The molecule has 0 aromatic carbocycles. The maximum Gasteiger partial charge on any atom is 0.244 e. The first kappa shape index (κ1) is 14.6. The van der Waals surface area contributed by atoms with Gasteiger partial charge in [-0.15, -0.1) is 0 Å². The summed E-state index contributed by atoms with van der Waals surface area (Å²) in [7, 11) is 0. The zero-order valence-corrected chi connectivity index (χ0v) is 12.4. The Balaban J connectivity index is 2.17. The molecule has 0 aliphatic carbocycles. The number of carbonyl (C=O) groups excluding carboxylic acids is 1. The minimum absolute atomic E-state index is 0.111. The molecule has 0 bridgehead atoms. The molecular weight excluding hydrogens is 274 g/mol. The normalized spacial score (nSPS) is 11.6. The van der Waals surface area contributed by atoms with Crippen molar-refractivity contribution in [2.45, 2.75) is 32.7 Å². The number of halogens is 1. The molecule has 1 amide bonds. The Morgan fingerprint density at radius 2 is 2.20 bits per heavy atom. The van der Waals surface area contributed by atoms with E-state index in [4.69, 9.17) is 11.6 Å². The molecule has 0 spiro atoms. The molecule has 1 N–H and O–H groups in total. The fourth-order valence-corrected chi connectivity index (χ4v) is 2.27. The number of fused-ring (bicyclic) bond motifs is 1. The van der Waals surface area contributed by atoms with E-state index in [9.17, 15) is 4.79 Å². The molecule has 0 aliphatic rings. The van der Waals surface area contributed by atoms with Gasteiger partial charge in [0.1, 0.15) is 5.65 Å². The second kappa shape index (κ2) is 6.57. The minimum atomic E-state index is -0.111. The first-order chi connectivity index (χ1) is 9.65. The molecule has 2 aromatic rings. The monoisotopic (exact) mass is 291 g/mol. The first-order valence-electron chi connectivity index (χ1n) is 6.76. The smallest absolute Gasteiger partial charge is 0.244 e. The van der Waals surface area contributed by atoms with E-state index in [0.29, 0.717) is 10.8 Å². The SMILES string of the molecule is CCC(CC)NC(=O)/C=C/c1c(Cl)nc2ccccn12. The van der Waals surface area contributed by atoms with Gasteiger partial charge in [0.15, 0.2) is 5.15 Å². The summed E-state index contributed by atoms with van der Waals surface area (Å²) >= 11 is 6.10. The van der Waals surface area contributed by atoms with Gasteiger partial charge in [-0.25, -0.2) is 4.98 Å². The summed E-state index contributed by atoms with van der Waals surface area (Å²) in [6.07, 6.45) is 6.91. The lowest BCUT2D eigenvalue weighted by molar-refractivity contribution is -0.117. The maximum atomic E-state index is 11.8. The summed E-state index contributed by atoms with van der Waals surface area (Å²) < 4.78 is 1.85. The third-order valence-corrected chi connectivity index (χ3v) is 3.52. The summed E-state index contributed by atoms with van der Waals surface area (Å²) in [5, 5.41) is 3.34. The first-order valence-corrected chi connectivity index (χ1v) is 7.14. The molecule has 0 atom stereocenters. The van der Waals surface area contributed by atoms with Crippen molar-refractivity contribution in [3.05, 3.63) is 41.3 Å². The van der Waals surface area contributed by atoms with Crippen molar-refractivity contribution in [1.82, 2.24) is 14.7 Å². The number of nitrogens with one attached hydrogen (secondary N) is 1. The van der Waals surface area contributed by atoms with Crippen LogP contribution < -0.4 is 5.32 Å². The van der Waals surface area contributed by atoms with Gasteiger partial charge in [0.2, 0.25) is 5.91 Å². The number of pyridine rings is 1. The Labute approximate surface area is 123 Å². The van der Waals surface area contributed by atoms with Gasteiger partial charge in [-0.3, -0.25) is 9.20 Å². The highest BCUT2D eigenvalue weighted by molar-refractivity contribution is 6.31. The van der Waals surface area contributed by atoms with Crippen molar-refractivity contribution in [3.63, 3.8) is 0 Å². The Morgan fingerprint density at radius 3 is 2.90 bits per heavy atom. The largest absolute Gasteiger partial charge is 0.350 e. The molecule has 20 heavy (non-hydrogen) atoms. The van der Waals surface area contributed by atoms with Crippen LogP contribution >= 0.6 is 11.6 Å². The molecule has 5 heteroatoms. The van der Waals surface area contributed by atoms with E-state index >= 15 is 0 Å². The van der Waals surface area contributed by atoms with E-state index in [1.807, 2.05) is 28.8 Å². The van der Waals surface area contributed by atoms with Gasteiger partial charge in [0.05, 0.1) is 5.69 Å². The van der Waals surface area contributed by atoms with Gasteiger partial charge < -0.3 is 5.32 Å². The standard InChI is InChI=1S/C15H18ClN3O/c1-3-11(4-2)17-14(20)9-8-12-15(16)18-13-7-5-6-10-19(12)13/h5-11H,3-4H2,1-2H3,(H,17,20)/b9-8+. The lowest BCUT2D eigenvalue weighted by atomic mass is 10.2. The van der Waals surface area contributed by atoms with E-state index in [2.05, 4.69) is 24.1 Å². The third kappa shape index (κ3) is 3.20. The van der Waals surface area contributed by atoms with Crippen molar-refractivity contribution >= 4 is 29.2 Å². The number of amides is 1. The Hall–Kier alpha value is -1.81. The van der Waals surface area contributed by atoms with E-state index in [0.717, 1.165) is 18.5 Å². The number of hydrogen-bond donors (Lipinski definition) is 1. The Morgan fingerprint density at radius 1 is 1.45 bits per heavy atom. The minimum Gasteiger partial charge on any atom is -0.350 e. The van der Waals surface area contributed by atoms with Crippen LogP contribution in [0.3, 0.4) is 0 Å². The molecule has 0 radical (unpaired) electrons. The predicted octanol–water partition coefficient (Wildman–Crippen LogP) is 3.31. The van der Waals surface area contributed by atoms with Crippen LogP contribution in [0.5, 0.6) is 0 Å². The summed E-state index contributed by atoms with van der Waals surface area (Å²) in [6.45, 7) is 4.11. The van der Waals surface area contributed by atoms with Crippen molar-refractivity contribution in [1.29, 1.82) is 0 Å². The lowest BCUT2D eigenvalue weighted by Gasteiger charge is -2.12. The number of imidazole rings is 1. The van der Waals surface area contributed by atoms with E-state index < -0.39 is 0 Å². The quantitative estimate of drug-likeness (QED) is 0.859. The van der Waals surface area contributed by atoms with E-state index in [1.165, 1.54) is 6.08 Å². The molecular formula is C15H18ClN3O. The number of rotatable bonds is 5. The average Bonchev–Trinajstić information content (AvgIpc) is 2.78. The molecule has 0 aliphatic heterocycles. The van der Waals surface area contributed by atoms with Crippen molar-refractivity contribution in [2.75, 3.05) is 0 Å². The second-order valence-electron chi connectivity index (χ2n) is 4.57. The molecule has 2 heterocycles. The summed E-state index contributed by atoms with van der Waals surface area (Å²) in [4.78, 5) is 16.1. The summed E-state index contributed by atoms with van der Waals surface area (Å²) in [5.41, 5.74) is 1.47. The summed E-state index contributed by atoms with van der Waals surface area (Å²) in [5.74, 6) is -0.111. The Kier molecular flexibility index (Phi) is 4.79. The van der Waals surface area contributed by atoms with E-state index in [1.54, 1.807) is 6.08 Å². The second-order valence-corrected chi connectivity index (χ2v) is 4.93. The zero-order valence-electron chi connectivity index (χ0n) is 11.6. The van der Waals surface area contributed by atoms with E-state index in [-0.39, 0.29) is 11.9 Å². The highest BCUT2D eigenvalue weighted by atomic mass is 35.5. The van der Waals surface area contributed by atoms with Crippen LogP contribution in [0.2, 0.25) is 5.15 Å². The highest BCUT2D eigenvalue weighted by Crippen LogP contribution is 2.18. The number of aromatic nitrogens is 2. The van der Waals surface area contributed by atoms with Crippen LogP contribution in [-0.4, -0.2) is 21.3 Å². The van der Waals surface area contributed by atoms with Gasteiger partial charge in [-0.05, 0) is 31.1 Å². The van der Waals surface area contributed by atoms with Gasteiger partial charge in [-0.2, -0.15) is 0 Å². The van der Waals surface area contributed by atoms with Crippen LogP contribution in [0, 0.1) is 0 Å². The topological polar surface area (TPSA) is 46.4 Å². The Bertz CT molecular complexity index is 629. The third-order valence-electron chi connectivity index (χ3n) is 3.25. The van der Waals surface area contributed by atoms with Crippen LogP contribution in [0.15, 0.2) is 30.5 Å². The molecule has 0 fully saturated rings. The van der Waals surface area contributed by atoms with Crippen LogP contribution in [0.25, 0.3) is 11.7 Å². The van der Waals surface area contributed by atoms with Gasteiger partial charge >= 0.3 is 0 Å². The molecule has 0 saturated heterocycles. The van der Waals surface area contributed by atoms with Gasteiger partial charge in [0, 0.05) is 18.3 Å². The molecule has 0 unspecified atom stereocenters. The van der Waals surface area contributed by atoms with Crippen LogP contribution in [0.1, 0.15) is 32.4 Å². The summed E-state index contributed by atoms with van der Waals surface area (Å²) in [6, 6.07) is 5.87. The molecule has 0 saturated carbocycles. The number of nitrogens with zero attached hydrogens (tertiary/aromatic N) is 2. The fourth-order valence-electron chi connectivity index (χ4n) is 2.03. The van der Waals surface area contributed by atoms with Gasteiger partial charge in [-0.1, -0.05) is 31.5 Å². The highest BCUT2D eigenvalue weighted by Gasteiger charge is 2.08. The fraction of sp³-hybridized carbons (Fsp3) is 0.333. The van der Waals surface area contributed by atoms with Crippen LogP contribution in [0.4, 0.5) is 0 Å². The molecule has 2 aromatic heterocycles. The number of hydrogen-bond acceptors (Lipinski definition) is 2. The number of carbonyl (C=O) groups is 1. The maximum absolute atomic E-state index is 11.8. The molecule has 4 nitrogen and oxygen atoms in total. The zero-order chi connectivity index (χ0) is 14.5.